The number of aromatic amines is 1. The van der Waals surface area contributed by atoms with Gasteiger partial charge in [-0.1, -0.05) is 0 Å². The minimum atomic E-state index is -3.16. The maximum absolute atomic E-state index is 11.9. The van der Waals surface area contributed by atoms with Crippen molar-refractivity contribution in [1.82, 2.24) is 25.2 Å². The summed E-state index contributed by atoms with van der Waals surface area (Å²) in [5, 5.41) is 9.73. The van der Waals surface area contributed by atoms with Gasteiger partial charge in [0.15, 0.2) is 0 Å². The van der Waals surface area contributed by atoms with Gasteiger partial charge in [-0.25, -0.2) is 18.1 Å². The maximum atomic E-state index is 11.9. The lowest BCUT2D eigenvalue weighted by molar-refractivity contribution is 0.402. The summed E-state index contributed by atoms with van der Waals surface area (Å²) in [6, 6.07) is 0. The van der Waals surface area contributed by atoms with Crippen molar-refractivity contribution in [3.05, 3.63) is 12.2 Å². The molecule has 1 aliphatic rings. The minimum absolute atomic E-state index is 0.225. The zero-order valence-corrected chi connectivity index (χ0v) is 11.7. The van der Waals surface area contributed by atoms with Gasteiger partial charge in [0, 0.05) is 13.0 Å². The highest BCUT2D eigenvalue weighted by Crippen LogP contribution is 2.11. The largest absolute Gasteiger partial charge is 0.316 e. The quantitative estimate of drug-likeness (QED) is 0.596. The maximum Gasteiger partial charge on any atom is 0.211 e. The van der Waals surface area contributed by atoms with Gasteiger partial charge in [-0.3, -0.25) is 5.10 Å². The highest BCUT2D eigenvalue weighted by molar-refractivity contribution is 7.89. The molecule has 1 aromatic heterocycles. The molecule has 19 heavy (non-hydrogen) atoms. The van der Waals surface area contributed by atoms with Crippen molar-refractivity contribution in [3.8, 4) is 0 Å². The zero-order chi connectivity index (χ0) is 13.6. The Labute approximate surface area is 113 Å². The van der Waals surface area contributed by atoms with Crippen LogP contribution >= 0.6 is 0 Å². The van der Waals surface area contributed by atoms with Crippen LogP contribution in [0.2, 0.25) is 0 Å². The van der Waals surface area contributed by atoms with Crippen molar-refractivity contribution in [2.75, 3.05) is 25.4 Å². The van der Waals surface area contributed by atoms with Crippen LogP contribution in [-0.2, 0) is 16.4 Å². The Bertz CT molecular complexity index is 453. The van der Waals surface area contributed by atoms with Crippen LogP contribution in [0.15, 0.2) is 6.33 Å². The Morgan fingerprint density at radius 2 is 2.37 bits per heavy atom. The first-order chi connectivity index (χ1) is 9.16. The number of hydrogen-bond donors (Lipinski definition) is 3. The Morgan fingerprint density at radius 3 is 3.05 bits per heavy atom. The van der Waals surface area contributed by atoms with Crippen molar-refractivity contribution < 1.29 is 8.42 Å². The van der Waals surface area contributed by atoms with E-state index in [0.717, 1.165) is 38.2 Å². The van der Waals surface area contributed by atoms with E-state index in [2.05, 4.69) is 25.2 Å². The van der Waals surface area contributed by atoms with Crippen molar-refractivity contribution in [2.24, 2.45) is 5.92 Å². The van der Waals surface area contributed by atoms with Gasteiger partial charge in [0.25, 0.3) is 0 Å². The van der Waals surface area contributed by atoms with Crippen molar-refractivity contribution >= 4 is 10.0 Å². The van der Waals surface area contributed by atoms with E-state index < -0.39 is 10.0 Å². The predicted octanol–water partition coefficient (Wildman–Crippen LogP) is -0.344. The molecule has 3 N–H and O–H groups in total. The third-order valence-corrected chi connectivity index (χ3v) is 4.79. The number of H-pyrrole nitrogens is 1. The van der Waals surface area contributed by atoms with E-state index in [9.17, 15) is 8.42 Å². The Kier molecular flexibility index (Phi) is 5.29. The molecule has 1 unspecified atom stereocenters. The second-order valence-electron chi connectivity index (χ2n) is 4.92. The molecule has 0 spiro atoms. The molecule has 0 amide bonds. The summed E-state index contributed by atoms with van der Waals surface area (Å²) < 4.78 is 26.4. The first-order valence-corrected chi connectivity index (χ1v) is 8.33. The number of nitrogens with zero attached hydrogens (tertiary/aromatic N) is 2. The first-order valence-electron chi connectivity index (χ1n) is 6.68. The zero-order valence-electron chi connectivity index (χ0n) is 10.9. The van der Waals surface area contributed by atoms with Crippen LogP contribution in [0.1, 0.15) is 25.1 Å². The molecule has 2 heterocycles. The third kappa shape index (κ3) is 5.25. The molecule has 7 nitrogen and oxygen atoms in total. The van der Waals surface area contributed by atoms with Crippen LogP contribution in [0.25, 0.3) is 0 Å². The lowest BCUT2D eigenvalue weighted by atomic mass is 10.0. The van der Waals surface area contributed by atoms with Gasteiger partial charge >= 0.3 is 0 Å². The van der Waals surface area contributed by atoms with Gasteiger partial charge in [-0.2, -0.15) is 5.10 Å². The molecule has 1 atom stereocenters. The summed E-state index contributed by atoms with van der Waals surface area (Å²) in [5.41, 5.74) is 0. The molecule has 0 aromatic carbocycles. The summed E-state index contributed by atoms with van der Waals surface area (Å²) in [7, 11) is -3.16. The highest BCUT2D eigenvalue weighted by atomic mass is 32.2. The Balaban J connectivity index is 1.65. The van der Waals surface area contributed by atoms with Gasteiger partial charge in [-0.15, -0.1) is 0 Å². The molecule has 0 saturated carbocycles. The van der Waals surface area contributed by atoms with Crippen molar-refractivity contribution in [1.29, 1.82) is 0 Å². The Hall–Kier alpha value is -0.990. The molecule has 8 heteroatoms. The molecular formula is C11H21N5O2S. The van der Waals surface area contributed by atoms with Gasteiger partial charge in [0.1, 0.15) is 12.2 Å². The predicted molar refractivity (Wildman–Crippen MR) is 72.1 cm³/mol. The number of hydrogen-bond acceptors (Lipinski definition) is 5. The molecule has 0 bridgehead atoms. The van der Waals surface area contributed by atoms with Crippen LogP contribution < -0.4 is 10.0 Å². The molecule has 108 valence electrons. The molecule has 1 aromatic rings. The van der Waals surface area contributed by atoms with E-state index in [4.69, 9.17) is 0 Å². The van der Waals surface area contributed by atoms with E-state index in [0.29, 0.717) is 13.0 Å². The van der Waals surface area contributed by atoms with Gasteiger partial charge < -0.3 is 5.32 Å². The standard InChI is InChI=1S/C11H21N5O2S/c17-19(18,8-10-3-1-5-12-7-10)15-6-2-4-11-13-9-14-16-11/h9-10,12,15H,1-8H2,(H,13,14,16). The van der Waals surface area contributed by atoms with Gasteiger partial charge in [-0.05, 0) is 38.3 Å². The normalized spacial score (nSPS) is 20.5. The molecule has 2 rings (SSSR count). The fraction of sp³-hybridized carbons (Fsp3) is 0.818. The summed E-state index contributed by atoms with van der Waals surface area (Å²) in [5.74, 6) is 1.25. The van der Waals surface area contributed by atoms with E-state index in [1.807, 2.05) is 0 Å². The molecule has 1 aliphatic heterocycles. The number of piperidine rings is 1. The second-order valence-corrected chi connectivity index (χ2v) is 6.78. The average Bonchev–Trinajstić information content (AvgIpc) is 2.88. The SMILES string of the molecule is O=S(=O)(CC1CCCNC1)NCCCc1ncn[nH]1. The second kappa shape index (κ2) is 6.97. The fourth-order valence-corrected chi connectivity index (χ4v) is 3.75. The van der Waals surface area contributed by atoms with Crippen molar-refractivity contribution in [2.45, 2.75) is 25.7 Å². The topological polar surface area (TPSA) is 99.8 Å². The number of aromatic nitrogens is 3. The molecular weight excluding hydrogens is 266 g/mol. The third-order valence-electron chi connectivity index (χ3n) is 3.23. The number of aryl methyl sites for hydroxylation is 1. The van der Waals surface area contributed by atoms with Crippen molar-refractivity contribution in [3.63, 3.8) is 0 Å². The molecule has 0 radical (unpaired) electrons. The molecule has 0 aliphatic carbocycles. The first kappa shape index (κ1) is 14.4. The summed E-state index contributed by atoms with van der Waals surface area (Å²) in [6.45, 7) is 2.25. The molecule has 1 fully saturated rings. The lowest BCUT2D eigenvalue weighted by Gasteiger charge is -2.22. The smallest absolute Gasteiger partial charge is 0.211 e. The van der Waals surface area contributed by atoms with Crippen LogP contribution in [0.3, 0.4) is 0 Å². The lowest BCUT2D eigenvalue weighted by Crippen LogP contribution is -2.37. The summed E-state index contributed by atoms with van der Waals surface area (Å²) >= 11 is 0. The van der Waals surface area contributed by atoms with E-state index >= 15 is 0 Å². The van der Waals surface area contributed by atoms with E-state index in [1.54, 1.807) is 0 Å². The van der Waals surface area contributed by atoms with Crippen LogP contribution in [-0.4, -0.2) is 49.0 Å². The summed E-state index contributed by atoms with van der Waals surface area (Å²) in [6.07, 6.45) is 4.93. The Morgan fingerprint density at radius 1 is 1.47 bits per heavy atom. The number of rotatable bonds is 7. The average molecular weight is 287 g/mol. The monoisotopic (exact) mass is 287 g/mol. The van der Waals surface area contributed by atoms with Crippen LogP contribution in [0, 0.1) is 5.92 Å². The van der Waals surface area contributed by atoms with Crippen LogP contribution in [0.5, 0.6) is 0 Å². The minimum Gasteiger partial charge on any atom is -0.316 e. The highest BCUT2D eigenvalue weighted by Gasteiger charge is 2.20. The van der Waals surface area contributed by atoms with Gasteiger partial charge in [0.05, 0.1) is 5.75 Å². The summed E-state index contributed by atoms with van der Waals surface area (Å²) in [4.78, 5) is 3.99. The number of nitrogens with one attached hydrogen (secondary N) is 3. The van der Waals surface area contributed by atoms with Gasteiger partial charge in [0.2, 0.25) is 10.0 Å². The fourth-order valence-electron chi connectivity index (χ4n) is 2.27. The van der Waals surface area contributed by atoms with E-state index in [1.165, 1.54) is 6.33 Å². The number of sulfonamides is 1. The van der Waals surface area contributed by atoms with Crippen LogP contribution in [0.4, 0.5) is 0 Å². The molecule has 1 saturated heterocycles. The van der Waals surface area contributed by atoms with E-state index in [-0.39, 0.29) is 11.7 Å².